The first-order chi connectivity index (χ1) is 15.9. The van der Waals surface area contributed by atoms with E-state index in [1.54, 1.807) is 23.2 Å². The maximum absolute atomic E-state index is 13.0. The number of amides is 4. The van der Waals surface area contributed by atoms with E-state index >= 15 is 0 Å². The highest BCUT2D eigenvalue weighted by Gasteiger charge is 2.44. The van der Waals surface area contributed by atoms with E-state index in [0.29, 0.717) is 24.7 Å². The smallest absolute Gasteiger partial charge is 0.332 e. The second-order valence-corrected chi connectivity index (χ2v) is 9.83. The summed E-state index contributed by atoms with van der Waals surface area (Å²) in [6.07, 6.45) is 1.67. The molecular formula is C25H26N4O3S. The Kier molecular flexibility index (Phi) is 5.62. The van der Waals surface area contributed by atoms with Gasteiger partial charge in [0.2, 0.25) is 5.91 Å². The molecule has 2 saturated heterocycles. The monoisotopic (exact) mass is 462 g/mol. The van der Waals surface area contributed by atoms with Crippen LogP contribution >= 0.6 is 11.3 Å². The van der Waals surface area contributed by atoms with Gasteiger partial charge in [0, 0.05) is 24.7 Å². The largest absolute Gasteiger partial charge is 0.341 e. The van der Waals surface area contributed by atoms with Crippen molar-refractivity contribution in [2.75, 3.05) is 24.5 Å². The fraction of sp³-hybridized carbons (Fsp3) is 0.360. The van der Waals surface area contributed by atoms with Crippen molar-refractivity contribution in [2.24, 2.45) is 0 Å². The van der Waals surface area contributed by atoms with E-state index in [1.165, 1.54) is 9.60 Å². The number of anilines is 1. The summed E-state index contributed by atoms with van der Waals surface area (Å²) >= 11 is 1.72. The first kappa shape index (κ1) is 21.6. The SMILES string of the molecule is Cc1ccc(N2C(=O)N(CC(=O)N3CCC(c4nc5ccccc5s4)CC3)C(=O)C2C)cc1. The summed E-state index contributed by atoms with van der Waals surface area (Å²) in [7, 11) is 0. The highest BCUT2D eigenvalue weighted by Crippen LogP contribution is 2.34. The molecule has 0 bridgehead atoms. The Morgan fingerprint density at radius 3 is 2.45 bits per heavy atom. The van der Waals surface area contributed by atoms with Crippen molar-refractivity contribution in [2.45, 2.75) is 38.6 Å². The van der Waals surface area contributed by atoms with Crippen LogP contribution < -0.4 is 4.90 Å². The lowest BCUT2D eigenvalue weighted by molar-refractivity contribution is -0.137. The zero-order valence-corrected chi connectivity index (χ0v) is 19.5. The summed E-state index contributed by atoms with van der Waals surface area (Å²) in [6.45, 7) is 4.67. The lowest BCUT2D eigenvalue weighted by Crippen LogP contribution is -2.46. The lowest BCUT2D eigenvalue weighted by Gasteiger charge is -2.32. The van der Waals surface area contributed by atoms with Gasteiger partial charge in [-0.3, -0.25) is 19.4 Å². The van der Waals surface area contributed by atoms with Crippen molar-refractivity contribution >= 4 is 45.1 Å². The minimum Gasteiger partial charge on any atom is -0.341 e. The number of piperidine rings is 1. The Bertz CT molecular complexity index is 1180. The molecule has 2 aliphatic rings. The highest BCUT2D eigenvalue weighted by atomic mass is 32.1. The fourth-order valence-electron chi connectivity index (χ4n) is 4.59. The molecule has 2 aliphatic heterocycles. The number of aromatic nitrogens is 1. The minimum absolute atomic E-state index is 0.183. The molecule has 3 heterocycles. The van der Waals surface area contributed by atoms with Crippen LogP contribution in [0, 0.1) is 6.92 Å². The molecule has 1 aromatic heterocycles. The number of benzene rings is 2. The van der Waals surface area contributed by atoms with Crippen LogP contribution in [0.3, 0.4) is 0 Å². The van der Waals surface area contributed by atoms with Crippen molar-refractivity contribution in [1.29, 1.82) is 0 Å². The first-order valence-electron chi connectivity index (χ1n) is 11.3. The number of fused-ring (bicyclic) bond motifs is 1. The van der Waals surface area contributed by atoms with Gasteiger partial charge in [0.15, 0.2) is 0 Å². The van der Waals surface area contributed by atoms with E-state index in [1.807, 2.05) is 49.4 Å². The molecule has 8 heteroatoms. The third kappa shape index (κ3) is 3.99. The zero-order chi connectivity index (χ0) is 23.1. The second-order valence-electron chi connectivity index (χ2n) is 8.76. The number of rotatable bonds is 4. The van der Waals surface area contributed by atoms with Gasteiger partial charge in [-0.25, -0.2) is 9.78 Å². The van der Waals surface area contributed by atoms with E-state index in [4.69, 9.17) is 4.98 Å². The summed E-state index contributed by atoms with van der Waals surface area (Å²) in [6, 6.07) is 14.5. The molecule has 0 spiro atoms. The number of carbonyl (C=O) groups excluding carboxylic acids is 3. The summed E-state index contributed by atoms with van der Waals surface area (Å²) in [5.74, 6) is -0.186. The quantitative estimate of drug-likeness (QED) is 0.546. The molecule has 4 amide bonds. The normalized spacial score (nSPS) is 19.7. The van der Waals surface area contributed by atoms with Gasteiger partial charge in [0.1, 0.15) is 12.6 Å². The van der Waals surface area contributed by atoms with Crippen molar-refractivity contribution in [1.82, 2.24) is 14.8 Å². The summed E-state index contributed by atoms with van der Waals surface area (Å²) in [5, 5.41) is 1.12. The number of para-hydroxylation sites is 1. The van der Waals surface area contributed by atoms with Crippen LogP contribution in [-0.2, 0) is 9.59 Å². The summed E-state index contributed by atoms with van der Waals surface area (Å²) in [5.41, 5.74) is 2.76. The van der Waals surface area contributed by atoms with Crippen LogP contribution in [0.5, 0.6) is 0 Å². The molecule has 3 aromatic rings. The molecule has 0 N–H and O–H groups in total. The van der Waals surface area contributed by atoms with Gasteiger partial charge in [0.05, 0.1) is 15.2 Å². The molecular weight excluding hydrogens is 436 g/mol. The Labute approximate surface area is 196 Å². The predicted octanol–water partition coefficient (Wildman–Crippen LogP) is 4.17. The molecule has 2 fully saturated rings. The number of carbonyl (C=O) groups is 3. The molecule has 0 saturated carbocycles. The molecule has 7 nitrogen and oxygen atoms in total. The first-order valence-corrected chi connectivity index (χ1v) is 12.1. The van der Waals surface area contributed by atoms with Gasteiger partial charge in [0.25, 0.3) is 5.91 Å². The van der Waals surface area contributed by atoms with Gasteiger partial charge in [-0.2, -0.15) is 0 Å². The van der Waals surface area contributed by atoms with Gasteiger partial charge in [-0.1, -0.05) is 29.8 Å². The number of thiazole rings is 1. The van der Waals surface area contributed by atoms with Crippen LogP contribution in [-0.4, -0.2) is 58.3 Å². The maximum atomic E-state index is 13.0. The van der Waals surface area contributed by atoms with Crippen LogP contribution in [0.4, 0.5) is 10.5 Å². The molecule has 170 valence electrons. The minimum atomic E-state index is -0.627. The number of imide groups is 1. The van der Waals surface area contributed by atoms with Gasteiger partial charge < -0.3 is 4.90 Å². The van der Waals surface area contributed by atoms with Gasteiger partial charge in [-0.15, -0.1) is 11.3 Å². The third-order valence-corrected chi connectivity index (χ3v) is 7.76. The predicted molar refractivity (Wildman–Crippen MR) is 128 cm³/mol. The molecule has 0 aliphatic carbocycles. The number of nitrogens with zero attached hydrogens (tertiary/aromatic N) is 4. The van der Waals surface area contributed by atoms with E-state index in [9.17, 15) is 14.4 Å². The van der Waals surface area contributed by atoms with Crippen molar-refractivity contribution in [3.8, 4) is 0 Å². The molecule has 33 heavy (non-hydrogen) atoms. The molecule has 1 atom stereocenters. The average molecular weight is 463 g/mol. The summed E-state index contributed by atoms with van der Waals surface area (Å²) in [4.78, 5) is 47.9. The number of likely N-dealkylation sites (tertiary alicyclic amines) is 1. The van der Waals surface area contributed by atoms with E-state index in [-0.39, 0.29) is 18.4 Å². The maximum Gasteiger partial charge on any atom is 0.332 e. The molecule has 2 aromatic carbocycles. The number of hydrogen-bond acceptors (Lipinski definition) is 5. The van der Waals surface area contributed by atoms with E-state index in [0.717, 1.165) is 33.8 Å². The van der Waals surface area contributed by atoms with E-state index < -0.39 is 12.1 Å². The van der Waals surface area contributed by atoms with Crippen molar-refractivity contribution < 1.29 is 14.4 Å². The molecule has 1 unspecified atom stereocenters. The van der Waals surface area contributed by atoms with Gasteiger partial charge in [-0.05, 0) is 51.0 Å². The Morgan fingerprint density at radius 2 is 1.76 bits per heavy atom. The number of hydrogen-bond donors (Lipinski definition) is 0. The molecule has 0 radical (unpaired) electrons. The van der Waals surface area contributed by atoms with Crippen LogP contribution in [0.2, 0.25) is 0 Å². The standard InChI is InChI=1S/C25H26N4O3S/c1-16-7-9-19(10-8-16)29-17(2)24(31)28(25(29)32)15-22(30)27-13-11-18(12-14-27)23-26-20-5-3-4-6-21(20)33-23/h3-10,17-18H,11-15H2,1-2H3. The van der Waals surface area contributed by atoms with Crippen LogP contribution in [0.1, 0.15) is 36.3 Å². The number of aryl methyl sites for hydroxylation is 1. The molecule has 5 rings (SSSR count). The topological polar surface area (TPSA) is 73.8 Å². The summed E-state index contributed by atoms with van der Waals surface area (Å²) < 4.78 is 1.18. The van der Waals surface area contributed by atoms with Crippen molar-refractivity contribution in [3.63, 3.8) is 0 Å². The second kappa shape index (κ2) is 8.59. The highest BCUT2D eigenvalue weighted by molar-refractivity contribution is 7.18. The fourth-order valence-corrected chi connectivity index (χ4v) is 5.72. The van der Waals surface area contributed by atoms with Gasteiger partial charge >= 0.3 is 6.03 Å². The zero-order valence-electron chi connectivity index (χ0n) is 18.7. The van der Waals surface area contributed by atoms with Crippen molar-refractivity contribution in [3.05, 3.63) is 59.1 Å². The van der Waals surface area contributed by atoms with E-state index in [2.05, 4.69) is 6.07 Å². The average Bonchev–Trinajstić information content (AvgIpc) is 3.35. The Hall–Kier alpha value is -3.26. The Morgan fingerprint density at radius 1 is 1.06 bits per heavy atom. The van der Waals surface area contributed by atoms with Crippen LogP contribution in [0.15, 0.2) is 48.5 Å². The Balaban J connectivity index is 1.22. The lowest BCUT2D eigenvalue weighted by atomic mass is 9.97. The number of urea groups is 1. The third-order valence-electron chi connectivity index (χ3n) is 6.56. The van der Waals surface area contributed by atoms with Crippen LogP contribution in [0.25, 0.3) is 10.2 Å².